The van der Waals surface area contributed by atoms with Gasteiger partial charge in [-0.1, -0.05) is 58.9 Å². The van der Waals surface area contributed by atoms with Gasteiger partial charge in [0.05, 0.1) is 11.5 Å². The highest BCUT2D eigenvalue weighted by atomic mass is 16.3. The van der Waals surface area contributed by atoms with Crippen molar-refractivity contribution in [3.63, 3.8) is 0 Å². The molecule has 9 unspecified atom stereocenters. The number of nitrogens with one attached hydrogen (secondary N) is 3. The van der Waals surface area contributed by atoms with Gasteiger partial charge in [-0.15, -0.1) is 0 Å². The Morgan fingerprint density at radius 1 is 0.816 bits per heavy atom. The van der Waals surface area contributed by atoms with Crippen molar-refractivity contribution >= 4 is 17.7 Å². The van der Waals surface area contributed by atoms with Gasteiger partial charge in [-0.25, -0.2) is 0 Å². The van der Waals surface area contributed by atoms with Gasteiger partial charge in [-0.2, -0.15) is 0 Å². The number of rotatable bonds is 8. The zero-order valence-electron chi connectivity index (χ0n) is 31.3. The van der Waals surface area contributed by atoms with E-state index in [9.17, 15) is 19.5 Å². The third-order valence-corrected chi connectivity index (χ3v) is 15.9. The molecule has 10 atom stereocenters. The van der Waals surface area contributed by atoms with E-state index < -0.39 is 5.41 Å². The predicted octanol–water partition coefficient (Wildman–Crippen LogP) is 7.19. The summed E-state index contributed by atoms with van der Waals surface area (Å²) in [7, 11) is 0. The van der Waals surface area contributed by atoms with Crippen LogP contribution in [0.25, 0.3) is 0 Å². The molecule has 5 saturated carbocycles. The first-order valence-corrected chi connectivity index (χ1v) is 19.2. The highest BCUT2D eigenvalue weighted by Crippen LogP contribution is 2.77. The topological polar surface area (TPSA) is 108 Å². The molecule has 270 valence electrons. The summed E-state index contributed by atoms with van der Waals surface area (Å²) < 4.78 is 0. The van der Waals surface area contributed by atoms with Crippen LogP contribution in [0.3, 0.4) is 0 Å². The molecule has 7 nitrogen and oxygen atoms in total. The van der Waals surface area contributed by atoms with Crippen LogP contribution in [0, 0.1) is 56.7 Å². The van der Waals surface area contributed by atoms with E-state index in [-0.39, 0.29) is 51.4 Å². The maximum Gasteiger partial charge on any atom is 0.251 e. The molecule has 5 fully saturated rings. The lowest BCUT2D eigenvalue weighted by molar-refractivity contribution is -0.246. The fraction of sp³-hybridized carbons (Fsp3) is 0.738. The number of amides is 3. The molecule has 0 aromatic heterocycles. The summed E-state index contributed by atoms with van der Waals surface area (Å²) in [4.78, 5) is 38.5. The number of aliphatic hydroxyl groups excluding tert-OH is 1. The van der Waals surface area contributed by atoms with E-state index in [0.29, 0.717) is 48.9 Å². The molecule has 0 radical (unpaired) electrons. The second kappa shape index (κ2) is 12.8. The lowest BCUT2D eigenvalue weighted by Crippen LogP contribution is -2.67. The lowest BCUT2D eigenvalue weighted by atomic mass is 9.32. The molecule has 0 bridgehead atoms. The summed E-state index contributed by atoms with van der Waals surface area (Å²) >= 11 is 0. The largest absolute Gasteiger partial charge is 0.393 e. The summed E-state index contributed by atoms with van der Waals surface area (Å²) in [6.07, 6.45) is 10.5. The Morgan fingerprint density at radius 3 is 2.27 bits per heavy atom. The number of allylic oxidation sites excluding steroid dienone is 1. The number of benzene rings is 1. The molecule has 1 aromatic rings. The summed E-state index contributed by atoms with van der Waals surface area (Å²) in [5.41, 5.74) is 2.82. The van der Waals surface area contributed by atoms with Crippen LogP contribution in [0.5, 0.6) is 0 Å². The van der Waals surface area contributed by atoms with Crippen LogP contribution in [0.1, 0.15) is 129 Å². The summed E-state index contributed by atoms with van der Waals surface area (Å²) in [6.45, 7) is 21.7. The van der Waals surface area contributed by atoms with Crippen LogP contribution in [0.2, 0.25) is 0 Å². The average molecular weight is 674 g/mol. The quantitative estimate of drug-likeness (QED) is 0.173. The first-order valence-electron chi connectivity index (χ1n) is 19.2. The molecule has 5 aliphatic rings. The normalized spacial score (nSPS) is 40.5. The number of hydrogen-bond donors (Lipinski definition) is 4. The van der Waals surface area contributed by atoms with Crippen LogP contribution in [0.4, 0.5) is 0 Å². The lowest BCUT2D eigenvalue weighted by Gasteiger charge is -2.72. The maximum absolute atomic E-state index is 14.6. The van der Waals surface area contributed by atoms with Crippen LogP contribution < -0.4 is 16.0 Å². The number of hydrogen-bond acceptors (Lipinski definition) is 4. The third kappa shape index (κ3) is 5.69. The van der Waals surface area contributed by atoms with E-state index >= 15 is 0 Å². The van der Waals surface area contributed by atoms with Crippen molar-refractivity contribution in [2.75, 3.05) is 13.1 Å². The number of carbonyl (C=O) groups excluding carboxylic acids is 3. The SMILES string of the molecule is C=C(C)C1CCC2(C(=O)NCc3cccc(C(=O)NCCNC(C)=O)c3)CC[C@]3(C)C(CCC4C5(C)CCC(O)C(C)(C)C5CCC43C)C12. The van der Waals surface area contributed by atoms with E-state index in [2.05, 4.69) is 64.1 Å². The number of carbonyl (C=O) groups is 3. The van der Waals surface area contributed by atoms with E-state index in [0.717, 1.165) is 44.1 Å². The molecule has 6 rings (SSSR count). The Morgan fingerprint density at radius 2 is 1.55 bits per heavy atom. The van der Waals surface area contributed by atoms with Gasteiger partial charge in [0.1, 0.15) is 0 Å². The van der Waals surface area contributed by atoms with Crippen LogP contribution in [-0.4, -0.2) is 42.0 Å². The first-order chi connectivity index (χ1) is 23.0. The second-order valence-electron chi connectivity index (χ2n) is 18.3. The van der Waals surface area contributed by atoms with Crippen molar-refractivity contribution in [3.05, 3.63) is 47.5 Å². The molecular formula is C42H63N3O4. The van der Waals surface area contributed by atoms with Gasteiger partial charge in [0.25, 0.3) is 5.91 Å². The molecule has 0 aliphatic heterocycles. The van der Waals surface area contributed by atoms with Crippen molar-refractivity contribution in [2.24, 2.45) is 56.7 Å². The molecule has 0 saturated heterocycles. The van der Waals surface area contributed by atoms with Gasteiger partial charge in [-0.05, 0) is 140 Å². The van der Waals surface area contributed by atoms with Crippen molar-refractivity contribution in [3.8, 4) is 0 Å². The standard InChI is InChI=1S/C42H63N3O4/c1-26(2)30-14-19-42(37(49)45-25-28-10-9-11-29(24-28)36(48)44-23-22-43-27(3)46)21-20-40(7)31(35(30)42)12-13-33-39(6)17-16-34(47)38(4,5)32(39)15-18-41(33,40)8/h9-11,24,30-35,47H,1,12-23,25H2,2-8H3,(H,43,46)(H,44,48)(H,45,49)/t30?,31?,32?,33?,34?,35?,39?,40-,41?,42?/m1/s1. The predicted molar refractivity (Wildman–Crippen MR) is 194 cm³/mol. The van der Waals surface area contributed by atoms with Crippen molar-refractivity contribution in [1.82, 2.24) is 16.0 Å². The third-order valence-electron chi connectivity index (χ3n) is 15.9. The van der Waals surface area contributed by atoms with E-state index in [1.807, 2.05) is 18.2 Å². The summed E-state index contributed by atoms with van der Waals surface area (Å²) in [5.74, 6) is 2.16. The summed E-state index contributed by atoms with van der Waals surface area (Å²) in [6, 6.07) is 7.48. The van der Waals surface area contributed by atoms with Crippen LogP contribution >= 0.6 is 0 Å². The Bertz CT molecular complexity index is 1490. The van der Waals surface area contributed by atoms with Gasteiger partial charge in [-0.3, -0.25) is 14.4 Å². The van der Waals surface area contributed by atoms with Gasteiger partial charge in [0.15, 0.2) is 0 Å². The number of aliphatic hydroxyl groups is 1. The fourth-order valence-electron chi connectivity index (χ4n) is 13.2. The van der Waals surface area contributed by atoms with Crippen LogP contribution in [-0.2, 0) is 16.1 Å². The minimum Gasteiger partial charge on any atom is -0.393 e. The highest BCUT2D eigenvalue weighted by molar-refractivity contribution is 5.94. The number of fused-ring (bicyclic) bond motifs is 7. The van der Waals surface area contributed by atoms with Crippen molar-refractivity contribution in [1.29, 1.82) is 0 Å². The molecular weight excluding hydrogens is 610 g/mol. The van der Waals surface area contributed by atoms with Crippen LogP contribution in [0.15, 0.2) is 36.4 Å². The molecule has 0 heterocycles. The van der Waals surface area contributed by atoms with Gasteiger partial charge in [0, 0.05) is 32.1 Å². The highest BCUT2D eigenvalue weighted by Gasteiger charge is 2.71. The molecule has 1 aromatic carbocycles. The minimum atomic E-state index is -0.395. The zero-order chi connectivity index (χ0) is 35.6. The van der Waals surface area contributed by atoms with Crippen molar-refractivity contribution in [2.45, 2.75) is 125 Å². The van der Waals surface area contributed by atoms with Gasteiger partial charge < -0.3 is 21.1 Å². The Hall–Kier alpha value is -2.67. The van der Waals surface area contributed by atoms with E-state index in [1.165, 1.54) is 38.2 Å². The smallest absolute Gasteiger partial charge is 0.251 e. The molecule has 0 spiro atoms. The fourth-order valence-corrected chi connectivity index (χ4v) is 13.2. The Balaban J connectivity index is 1.22. The van der Waals surface area contributed by atoms with Gasteiger partial charge in [0.2, 0.25) is 11.8 Å². The molecule has 4 N–H and O–H groups in total. The maximum atomic E-state index is 14.6. The molecule has 49 heavy (non-hydrogen) atoms. The second-order valence-corrected chi connectivity index (χ2v) is 18.3. The van der Waals surface area contributed by atoms with Gasteiger partial charge >= 0.3 is 0 Å². The summed E-state index contributed by atoms with van der Waals surface area (Å²) in [5, 5.41) is 20.0. The molecule has 5 aliphatic carbocycles. The molecule has 7 heteroatoms. The monoisotopic (exact) mass is 673 g/mol. The minimum absolute atomic E-state index is 0.0561. The van der Waals surface area contributed by atoms with Crippen molar-refractivity contribution < 1.29 is 19.5 Å². The zero-order valence-corrected chi connectivity index (χ0v) is 31.3. The first kappa shape index (κ1) is 36.1. The average Bonchev–Trinajstić information content (AvgIpc) is 3.45. The Labute approximate surface area is 295 Å². The van der Waals surface area contributed by atoms with E-state index in [4.69, 9.17) is 0 Å². The molecule has 3 amide bonds. The van der Waals surface area contributed by atoms with E-state index in [1.54, 1.807) is 6.07 Å². The Kier molecular flexibility index (Phi) is 9.46.